The van der Waals surface area contributed by atoms with Crippen LogP contribution in [0.3, 0.4) is 0 Å². The molecule has 4 aromatic heterocycles. The van der Waals surface area contributed by atoms with Gasteiger partial charge in [0.1, 0.15) is 22.3 Å². The number of nitrogens with zero attached hydrogens (tertiary/aromatic N) is 2. The van der Waals surface area contributed by atoms with Crippen molar-refractivity contribution >= 4 is 143 Å². The molecule has 0 saturated carbocycles. The van der Waals surface area contributed by atoms with E-state index in [-0.39, 0.29) is 0 Å². The minimum Gasteiger partial charge on any atom is -0.454 e. The summed E-state index contributed by atoms with van der Waals surface area (Å²) in [5.74, 6) is 0. The average Bonchev–Trinajstić information content (AvgIpc) is 0.791. The van der Waals surface area contributed by atoms with Gasteiger partial charge >= 0.3 is 0 Å². The van der Waals surface area contributed by atoms with Gasteiger partial charge in [0.25, 0.3) is 0 Å². The van der Waals surface area contributed by atoms with Crippen LogP contribution in [0.25, 0.3) is 176 Å². The van der Waals surface area contributed by atoms with E-state index in [1.54, 1.807) is 0 Å². The number of benzene rings is 16. The van der Waals surface area contributed by atoms with Gasteiger partial charge in [0.15, 0.2) is 22.3 Å². The molecule has 0 amide bonds. The van der Waals surface area contributed by atoms with Crippen LogP contribution in [0.1, 0.15) is 0 Å². The lowest BCUT2D eigenvalue weighted by Gasteiger charge is -2.37. The summed E-state index contributed by atoms with van der Waals surface area (Å²) in [6, 6.07) is 118. The maximum Gasteiger partial charge on any atom is 0.159 e. The van der Waals surface area contributed by atoms with Crippen molar-refractivity contribution in [2.75, 3.05) is 9.80 Å². The van der Waals surface area contributed by atoms with Gasteiger partial charge in [-0.15, -0.1) is 0 Å². The highest BCUT2D eigenvalue weighted by Gasteiger charge is 2.40. The van der Waals surface area contributed by atoms with E-state index in [1.807, 2.05) is 24.3 Å². The van der Waals surface area contributed by atoms with Crippen LogP contribution in [0.2, 0.25) is 0 Å². The van der Waals surface area contributed by atoms with Gasteiger partial charge in [-0.1, -0.05) is 255 Å². The molecule has 0 spiro atoms. The fourth-order valence-corrected chi connectivity index (χ4v) is 16.2. The van der Waals surface area contributed by atoms with Crippen molar-refractivity contribution in [2.45, 2.75) is 0 Å². The molecule has 6 nitrogen and oxygen atoms in total. The van der Waals surface area contributed by atoms with E-state index in [0.717, 1.165) is 177 Å². The SMILES string of the molecule is c1ccc(-c2c3c(c(-c4ccccc4)c4cc(N(c5cccc6c5oc5ccccc56)c5cccc6c5oc5ccccc56)ccc24)-c2c-3c(-c3ccccc3)c3cc(N(c4cccc5c4oc4ccccc45)c4cccc5c4oc4ccccc45)ccc3c2-c2ccccc2)cc1. The molecule has 0 radical (unpaired) electrons. The minimum absolute atomic E-state index is 0.790. The van der Waals surface area contributed by atoms with Crippen molar-refractivity contribution in [2.24, 2.45) is 0 Å². The predicted molar refractivity (Wildman–Crippen MR) is 406 cm³/mol. The Labute approximate surface area is 561 Å². The topological polar surface area (TPSA) is 59.0 Å². The zero-order valence-corrected chi connectivity index (χ0v) is 52.7. The van der Waals surface area contributed by atoms with E-state index in [0.29, 0.717) is 0 Å². The summed E-state index contributed by atoms with van der Waals surface area (Å²) in [4.78, 5) is 4.72. The number of anilines is 6. The molecule has 0 bridgehead atoms. The zero-order chi connectivity index (χ0) is 64.1. The molecule has 0 unspecified atom stereocenters. The molecular weight excluding hydrogens is 1200 g/mol. The van der Waals surface area contributed by atoms with Gasteiger partial charge < -0.3 is 27.5 Å². The number of para-hydroxylation sites is 8. The summed E-state index contributed by atoms with van der Waals surface area (Å²) in [7, 11) is 0. The number of fused-ring (bicyclic) bond motifs is 18. The number of furan rings is 4. The molecule has 98 heavy (non-hydrogen) atoms. The van der Waals surface area contributed by atoms with E-state index in [4.69, 9.17) is 17.7 Å². The summed E-state index contributed by atoms with van der Waals surface area (Å²) < 4.78 is 28.0. The fourth-order valence-electron chi connectivity index (χ4n) is 16.2. The molecule has 456 valence electrons. The molecule has 16 aromatic carbocycles. The quantitative estimate of drug-likeness (QED) is 0.136. The molecular formula is C92H54N2O4. The van der Waals surface area contributed by atoms with Crippen LogP contribution < -0.4 is 9.80 Å². The highest BCUT2D eigenvalue weighted by Crippen LogP contribution is 2.66. The highest BCUT2D eigenvalue weighted by molar-refractivity contribution is 6.34. The molecule has 6 heteroatoms. The Bertz CT molecular complexity index is 6030. The smallest absolute Gasteiger partial charge is 0.159 e. The summed E-state index contributed by atoms with van der Waals surface area (Å²) >= 11 is 0. The van der Waals surface area contributed by atoms with Gasteiger partial charge in [-0.2, -0.15) is 0 Å². The largest absolute Gasteiger partial charge is 0.454 e. The Morgan fingerprint density at radius 2 is 0.398 bits per heavy atom. The van der Waals surface area contributed by atoms with Crippen molar-refractivity contribution in [1.29, 1.82) is 0 Å². The fraction of sp³-hybridized carbons (Fsp3) is 0. The number of rotatable bonds is 10. The van der Waals surface area contributed by atoms with Gasteiger partial charge in [0.2, 0.25) is 0 Å². The van der Waals surface area contributed by atoms with Crippen LogP contribution >= 0.6 is 0 Å². The highest BCUT2D eigenvalue weighted by atomic mass is 16.3. The van der Waals surface area contributed by atoms with Gasteiger partial charge in [-0.3, -0.25) is 0 Å². The van der Waals surface area contributed by atoms with E-state index in [2.05, 4.69) is 313 Å². The Morgan fingerprint density at radius 1 is 0.163 bits per heavy atom. The summed E-state index contributed by atoms with van der Waals surface area (Å²) in [5, 5.41) is 12.9. The molecule has 0 fully saturated rings. The zero-order valence-electron chi connectivity index (χ0n) is 52.7. The van der Waals surface area contributed by atoms with Crippen LogP contribution in [0.15, 0.2) is 345 Å². The molecule has 0 atom stereocenters. The van der Waals surface area contributed by atoms with Crippen LogP contribution in [0.5, 0.6) is 0 Å². The lowest BCUT2D eigenvalue weighted by molar-refractivity contribution is 0.665. The maximum absolute atomic E-state index is 7.00. The molecule has 1 aliphatic rings. The Balaban J connectivity index is 0.888. The molecule has 21 rings (SSSR count). The van der Waals surface area contributed by atoms with Crippen LogP contribution in [-0.4, -0.2) is 0 Å². The Kier molecular flexibility index (Phi) is 11.7. The van der Waals surface area contributed by atoms with Gasteiger partial charge in [-0.05, 0) is 161 Å². The van der Waals surface area contributed by atoms with Crippen molar-refractivity contribution in [3.63, 3.8) is 0 Å². The first-order valence-electron chi connectivity index (χ1n) is 33.4. The molecule has 0 saturated heterocycles. The van der Waals surface area contributed by atoms with Crippen LogP contribution in [0, 0.1) is 0 Å². The first-order chi connectivity index (χ1) is 48.7. The van der Waals surface area contributed by atoms with Crippen molar-refractivity contribution < 1.29 is 17.7 Å². The van der Waals surface area contributed by atoms with Crippen LogP contribution in [-0.2, 0) is 0 Å². The second kappa shape index (κ2) is 21.2. The molecule has 0 aliphatic heterocycles. The Hall–Kier alpha value is -13.2. The van der Waals surface area contributed by atoms with E-state index in [1.165, 1.54) is 33.4 Å². The minimum atomic E-state index is 0.790. The summed E-state index contributed by atoms with van der Waals surface area (Å²) in [6.07, 6.45) is 0. The van der Waals surface area contributed by atoms with E-state index >= 15 is 0 Å². The summed E-state index contributed by atoms with van der Waals surface area (Å²) in [6.45, 7) is 0. The number of hydrogen-bond donors (Lipinski definition) is 0. The Morgan fingerprint density at radius 3 is 0.673 bits per heavy atom. The van der Waals surface area contributed by atoms with E-state index in [9.17, 15) is 0 Å². The monoisotopic (exact) mass is 1250 g/mol. The van der Waals surface area contributed by atoms with Crippen LogP contribution in [0.4, 0.5) is 34.1 Å². The van der Waals surface area contributed by atoms with Gasteiger partial charge in [0, 0.05) is 54.5 Å². The predicted octanol–water partition coefficient (Wildman–Crippen LogP) is 26.8. The van der Waals surface area contributed by atoms with Crippen molar-refractivity contribution in [3.05, 3.63) is 328 Å². The third-order valence-electron chi connectivity index (χ3n) is 20.3. The maximum atomic E-state index is 7.00. The number of hydrogen-bond acceptors (Lipinski definition) is 6. The van der Waals surface area contributed by atoms with Gasteiger partial charge in [0.05, 0.1) is 22.7 Å². The standard InChI is InChI=1S/C92H54N2O4/c1-5-25-55(26-6-1)81-65-51-49-59(93(73-41-21-37-67-61-33-13-17-45-77(61)95-89(67)73)74-42-22-38-68-62-34-14-18-46-78(62)96-90(68)74)53-71(65)83(57-29-9-3-10-30-57)87-85(81)88-84(58-31-11-4-12-32-58)72-54-60(50-52-66(72)82(86(87)88)56-27-7-2-8-28-56)94(75-43-23-39-69-63-35-15-19-47-79(63)97-91(69)75)76-44-24-40-70-64-36-16-20-48-80(64)98-92(70)76/h1-54H. The third kappa shape index (κ3) is 7.91. The summed E-state index contributed by atoms with van der Waals surface area (Å²) in [5.41, 5.74) is 26.0. The van der Waals surface area contributed by atoms with E-state index < -0.39 is 0 Å². The molecule has 0 N–H and O–H groups in total. The van der Waals surface area contributed by atoms with Crippen molar-refractivity contribution in [3.8, 4) is 66.8 Å². The first-order valence-corrected chi connectivity index (χ1v) is 33.4. The second-order valence-corrected chi connectivity index (χ2v) is 25.6. The van der Waals surface area contributed by atoms with Gasteiger partial charge in [-0.25, -0.2) is 0 Å². The lowest BCUT2D eigenvalue weighted by atomic mass is 9.65. The third-order valence-corrected chi connectivity index (χ3v) is 20.3. The molecule has 1 aliphatic carbocycles. The molecule has 4 heterocycles. The molecule has 20 aromatic rings. The first kappa shape index (κ1) is 54.3. The lowest BCUT2D eigenvalue weighted by Crippen LogP contribution is -2.13. The van der Waals surface area contributed by atoms with Crippen molar-refractivity contribution in [1.82, 2.24) is 0 Å². The normalized spacial score (nSPS) is 12.1. The average molecular weight is 1250 g/mol. The second-order valence-electron chi connectivity index (χ2n) is 25.6.